The number of quaternary nitrogens is 1. The molecule has 3 nitrogen and oxygen atoms in total. The normalized spacial score (nSPS) is 10.9. The van der Waals surface area contributed by atoms with Gasteiger partial charge in [-0.25, -0.2) is 0 Å². The van der Waals surface area contributed by atoms with Gasteiger partial charge in [-0.2, -0.15) is 0 Å². The van der Waals surface area contributed by atoms with E-state index in [-0.39, 0.29) is 17.5 Å². The molecule has 0 amide bonds. The Morgan fingerprint density at radius 1 is 1.36 bits per heavy atom. The number of carbonyl (C=O) groups excluding carboxylic acids is 1. The third-order valence-corrected chi connectivity index (χ3v) is 2.13. The molecule has 0 rings (SSSR count). The molecule has 86 valence electrons. The zero-order valence-corrected chi connectivity index (χ0v) is 11.0. The van der Waals surface area contributed by atoms with E-state index in [1.165, 1.54) is 0 Å². The molecule has 0 aromatic carbocycles. The molecule has 0 bridgehead atoms. The Kier molecular flexibility index (Phi) is 10.1. The van der Waals surface area contributed by atoms with Crippen LogP contribution >= 0.6 is 12.0 Å². The van der Waals surface area contributed by atoms with Crippen LogP contribution in [0.2, 0.25) is 0 Å². The summed E-state index contributed by atoms with van der Waals surface area (Å²) in [4.78, 5) is 11.0. The molecule has 0 N–H and O–H groups in total. The lowest BCUT2D eigenvalue weighted by Gasteiger charge is -2.22. The van der Waals surface area contributed by atoms with E-state index >= 15 is 0 Å². The first-order valence-corrected chi connectivity index (χ1v) is 5.32. The number of likely N-dealkylation sites (N-methyl/N-ethyl adjacent to an activating group) is 1. The minimum Gasteiger partial charge on any atom is -1.00 e. The van der Waals surface area contributed by atoms with E-state index in [4.69, 9.17) is 4.18 Å². The van der Waals surface area contributed by atoms with Crippen molar-refractivity contribution in [1.82, 2.24) is 0 Å². The maximum absolute atomic E-state index is 11.0. The van der Waals surface area contributed by atoms with E-state index in [9.17, 15) is 4.79 Å². The van der Waals surface area contributed by atoms with Crippen molar-refractivity contribution in [2.45, 2.75) is 19.8 Å². The molecule has 0 aliphatic heterocycles. The third-order valence-electron chi connectivity index (χ3n) is 1.45. The largest absolute Gasteiger partial charge is 1.00 e. The average molecular weight is 242 g/mol. The summed E-state index contributed by atoms with van der Waals surface area (Å²) in [7, 11) is 6.30. The van der Waals surface area contributed by atoms with E-state index in [2.05, 4.69) is 21.1 Å². The highest BCUT2D eigenvalue weighted by atomic mass is 35.5. The maximum atomic E-state index is 11.0. The second-order valence-electron chi connectivity index (χ2n) is 4.04. The van der Waals surface area contributed by atoms with Crippen molar-refractivity contribution in [2.75, 3.05) is 34.3 Å². The summed E-state index contributed by atoms with van der Waals surface area (Å²) in [6.07, 6.45) is 1.50. The standard InChI is InChI=1S/C9H20NO2S.ClH/c1-5-6-9(11)13-12-8-7-10(2,3)4;/h5-8H2,1-4H3;1H/q+1;/p-1. The van der Waals surface area contributed by atoms with Crippen LogP contribution in [0.1, 0.15) is 19.8 Å². The zero-order chi connectivity index (χ0) is 10.3. The van der Waals surface area contributed by atoms with Gasteiger partial charge in [0.05, 0.1) is 33.2 Å². The summed E-state index contributed by atoms with van der Waals surface area (Å²) in [5, 5.41) is 0.129. The molecule has 5 heteroatoms. The molecule has 14 heavy (non-hydrogen) atoms. The highest BCUT2D eigenvalue weighted by molar-refractivity contribution is 8.09. The first-order chi connectivity index (χ1) is 5.95. The fourth-order valence-electron chi connectivity index (χ4n) is 0.664. The Balaban J connectivity index is 0. The Bertz CT molecular complexity index is 159. The highest BCUT2D eigenvalue weighted by Gasteiger charge is 2.07. The smallest absolute Gasteiger partial charge is 0.215 e. The minimum absolute atomic E-state index is 0. The van der Waals surface area contributed by atoms with Gasteiger partial charge in [0, 0.05) is 6.42 Å². The van der Waals surface area contributed by atoms with Gasteiger partial charge in [-0.3, -0.25) is 4.79 Å². The number of hydrogen-bond acceptors (Lipinski definition) is 3. The topological polar surface area (TPSA) is 26.3 Å². The van der Waals surface area contributed by atoms with Crippen LogP contribution in [0.4, 0.5) is 0 Å². The molecule has 0 heterocycles. The lowest BCUT2D eigenvalue weighted by Crippen LogP contribution is -3.00. The van der Waals surface area contributed by atoms with Crippen LogP contribution in [0.3, 0.4) is 0 Å². The Hall–Kier alpha value is 0.230. The van der Waals surface area contributed by atoms with E-state index in [0.717, 1.165) is 29.5 Å². The number of nitrogens with zero attached hydrogens (tertiary/aromatic N) is 1. The van der Waals surface area contributed by atoms with Gasteiger partial charge < -0.3 is 21.1 Å². The van der Waals surface area contributed by atoms with Crippen LogP contribution in [0.5, 0.6) is 0 Å². The molecule has 0 aromatic heterocycles. The van der Waals surface area contributed by atoms with Crippen LogP contribution in [0.25, 0.3) is 0 Å². The Labute approximate surface area is 97.4 Å². The molecule has 0 spiro atoms. The fourth-order valence-corrected chi connectivity index (χ4v) is 1.24. The van der Waals surface area contributed by atoms with Gasteiger partial charge in [-0.05, 0) is 6.42 Å². The summed E-state index contributed by atoms with van der Waals surface area (Å²) >= 11 is 0.993. The van der Waals surface area contributed by atoms with Crippen LogP contribution < -0.4 is 12.4 Å². The lowest BCUT2D eigenvalue weighted by atomic mass is 10.4. The number of carbonyl (C=O) groups is 1. The van der Waals surface area contributed by atoms with Crippen molar-refractivity contribution < 1.29 is 25.9 Å². The van der Waals surface area contributed by atoms with Crippen molar-refractivity contribution in [3.05, 3.63) is 0 Å². The number of hydrogen-bond donors (Lipinski definition) is 0. The third kappa shape index (κ3) is 12.2. The zero-order valence-electron chi connectivity index (χ0n) is 9.38. The summed E-state index contributed by atoms with van der Waals surface area (Å²) in [5.74, 6) is 0. The summed E-state index contributed by atoms with van der Waals surface area (Å²) in [6.45, 7) is 3.54. The van der Waals surface area contributed by atoms with Crippen molar-refractivity contribution in [3.8, 4) is 0 Å². The second kappa shape index (κ2) is 8.53. The quantitative estimate of drug-likeness (QED) is 0.328. The summed E-state index contributed by atoms with van der Waals surface area (Å²) in [5.41, 5.74) is 0. The number of halogens is 1. The molecule has 0 unspecified atom stereocenters. The molecule has 0 atom stereocenters. The minimum atomic E-state index is 0. The summed E-state index contributed by atoms with van der Waals surface area (Å²) < 4.78 is 6.04. The first-order valence-electron chi connectivity index (χ1n) is 4.58. The predicted molar refractivity (Wildman–Crippen MR) is 56.4 cm³/mol. The van der Waals surface area contributed by atoms with Crippen molar-refractivity contribution in [2.24, 2.45) is 0 Å². The van der Waals surface area contributed by atoms with Gasteiger partial charge in [0.25, 0.3) is 0 Å². The van der Waals surface area contributed by atoms with E-state index in [1.807, 2.05) is 6.92 Å². The molecular formula is C9H20ClNO2S. The SMILES string of the molecule is CCCC(=O)SOCC[N+](C)(C)C.[Cl-]. The van der Waals surface area contributed by atoms with Crippen LogP contribution in [0, 0.1) is 0 Å². The van der Waals surface area contributed by atoms with Gasteiger partial charge in [-0.1, -0.05) is 6.92 Å². The molecule has 0 aromatic rings. The van der Waals surface area contributed by atoms with E-state index in [1.54, 1.807) is 0 Å². The van der Waals surface area contributed by atoms with Crippen LogP contribution in [-0.4, -0.2) is 43.9 Å². The van der Waals surface area contributed by atoms with Gasteiger partial charge in [0.1, 0.15) is 13.2 Å². The van der Waals surface area contributed by atoms with Crippen LogP contribution in [0.15, 0.2) is 0 Å². The highest BCUT2D eigenvalue weighted by Crippen LogP contribution is 2.08. The molecule has 0 aliphatic rings. The maximum Gasteiger partial charge on any atom is 0.215 e. The fraction of sp³-hybridized carbons (Fsp3) is 0.889. The molecule has 0 aliphatic carbocycles. The molecular weight excluding hydrogens is 222 g/mol. The van der Waals surface area contributed by atoms with E-state index < -0.39 is 0 Å². The summed E-state index contributed by atoms with van der Waals surface area (Å²) in [6, 6.07) is 0. The first kappa shape index (κ1) is 16.7. The van der Waals surface area contributed by atoms with Crippen molar-refractivity contribution in [1.29, 1.82) is 0 Å². The van der Waals surface area contributed by atoms with Crippen molar-refractivity contribution in [3.63, 3.8) is 0 Å². The van der Waals surface area contributed by atoms with Gasteiger partial charge in [0.2, 0.25) is 5.12 Å². The van der Waals surface area contributed by atoms with E-state index in [0.29, 0.717) is 13.0 Å². The van der Waals surface area contributed by atoms with Gasteiger partial charge in [0.15, 0.2) is 0 Å². The lowest BCUT2D eigenvalue weighted by molar-refractivity contribution is -0.870. The van der Waals surface area contributed by atoms with Crippen LogP contribution in [-0.2, 0) is 8.98 Å². The van der Waals surface area contributed by atoms with Gasteiger partial charge >= 0.3 is 0 Å². The molecule has 0 saturated heterocycles. The van der Waals surface area contributed by atoms with Crippen molar-refractivity contribution >= 4 is 17.2 Å². The molecule has 0 saturated carbocycles. The Morgan fingerprint density at radius 2 is 1.93 bits per heavy atom. The second-order valence-corrected chi connectivity index (χ2v) is 4.90. The average Bonchev–Trinajstić information content (AvgIpc) is 1.97. The van der Waals surface area contributed by atoms with Gasteiger partial charge in [-0.15, -0.1) is 0 Å². The Morgan fingerprint density at radius 3 is 2.36 bits per heavy atom. The molecule has 0 fully saturated rings. The number of rotatable bonds is 6. The predicted octanol–water partition coefficient (Wildman–Crippen LogP) is -1.31. The molecule has 0 radical (unpaired) electrons. The monoisotopic (exact) mass is 241 g/mol.